The normalized spacial score (nSPS) is 13.3. The van der Waals surface area contributed by atoms with Crippen LogP contribution in [0.25, 0.3) is 33.0 Å². The van der Waals surface area contributed by atoms with Crippen LogP contribution in [0.1, 0.15) is 88.2 Å². The summed E-state index contributed by atoms with van der Waals surface area (Å²) in [6.45, 7) is 22.2. The maximum atomic E-state index is 4.77. The van der Waals surface area contributed by atoms with Crippen LogP contribution in [0.15, 0.2) is 72.9 Å². The zero-order valence-corrected chi connectivity index (χ0v) is 30.3. The summed E-state index contributed by atoms with van der Waals surface area (Å²) >= 11 is 1.77. The van der Waals surface area contributed by atoms with Crippen molar-refractivity contribution in [1.82, 2.24) is 9.97 Å². The molecule has 0 saturated heterocycles. The maximum absolute atomic E-state index is 4.77. The smallest absolute Gasteiger partial charge is 0.0410 e. The molecule has 3 aromatic carbocycles. The Balaban J connectivity index is 0.000000194. The van der Waals surface area contributed by atoms with Crippen molar-refractivity contribution < 1.29 is 20.1 Å². The van der Waals surface area contributed by atoms with E-state index in [1.54, 1.807) is 11.3 Å². The molecule has 0 aliphatic heterocycles. The van der Waals surface area contributed by atoms with Crippen molar-refractivity contribution in [2.75, 3.05) is 0 Å². The van der Waals surface area contributed by atoms with Crippen LogP contribution in [0.3, 0.4) is 0 Å². The average Bonchev–Trinajstić information content (AvgIpc) is 3.41. The fourth-order valence-electron chi connectivity index (χ4n) is 5.64. The van der Waals surface area contributed by atoms with Gasteiger partial charge in [-0.15, -0.1) is 64.7 Å². The Hall–Kier alpha value is -2.91. The largest absolute Gasteiger partial charge is 0.305 e. The van der Waals surface area contributed by atoms with Crippen LogP contribution in [0.2, 0.25) is 0 Å². The third-order valence-electron chi connectivity index (χ3n) is 8.32. The molecule has 2 heterocycles. The standard InChI is InChI=1S/C20H18NS.C19H24N.Ir/c1-12-13(2)22-19(21-12)16-10-7-9-15-14-8-5-6-11-17(14)20(3,4)18(15)16;1-18(2,3)15-9-7-8-14(12-15)17-13-16(10-11-20-17)19(4,5)6;/h5-9,11H,1-4H3;7,9-13H,1-6H3;/q2*-1;. The first-order valence-corrected chi connectivity index (χ1v) is 15.6. The molecule has 0 amide bonds. The van der Waals surface area contributed by atoms with E-state index in [9.17, 15) is 0 Å². The van der Waals surface area contributed by atoms with Gasteiger partial charge in [-0.1, -0.05) is 91.3 Å². The minimum atomic E-state index is -0.00744. The molecule has 1 aliphatic rings. The first-order valence-electron chi connectivity index (χ1n) is 14.8. The van der Waals surface area contributed by atoms with E-state index in [1.807, 2.05) is 18.3 Å². The molecule has 0 N–H and O–H groups in total. The van der Waals surface area contributed by atoms with Crippen molar-refractivity contribution in [3.8, 4) is 33.0 Å². The number of nitrogens with zero attached hydrogens (tertiary/aromatic N) is 2. The molecule has 0 saturated carbocycles. The molecule has 4 heteroatoms. The van der Waals surface area contributed by atoms with Gasteiger partial charge in [0.25, 0.3) is 0 Å². The molecule has 0 atom stereocenters. The van der Waals surface area contributed by atoms with Crippen LogP contribution in [0.5, 0.6) is 0 Å². The molecule has 2 nitrogen and oxygen atoms in total. The van der Waals surface area contributed by atoms with Gasteiger partial charge in [0.2, 0.25) is 0 Å². The summed E-state index contributed by atoms with van der Waals surface area (Å²) < 4.78 is 0. The Kier molecular flexibility index (Phi) is 9.39. The fraction of sp³-hybridized carbons (Fsp3) is 0.333. The van der Waals surface area contributed by atoms with Gasteiger partial charge in [0.1, 0.15) is 0 Å². The van der Waals surface area contributed by atoms with E-state index < -0.39 is 0 Å². The Morgan fingerprint density at radius 3 is 2.07 bits per heavy atom. The number of benzene rings is 3. The number of aryl methyl sites for hydroxylation is 2. The average molecular weight is 763 g/mol. The predicted molar refractivity (Wildman–Crippen MR) is 179 cm³/mol. The number of pyridine rings is 1. The molecule has 6 rings (SSSR count). The van der Waals surface area contributed by atoms with Crippen molar-refractivity contribution in [3.63, 3.8) is 0 Å². The van der Waals surface area contributed by atoms with Gasteiger partial charge in [-0.25, -0.2) is 0 Å². The van der Waals surface area contributed by atoms with E-state index in [-0.39, 0.29) is 36.4 Å². The van der Waals surface area contributed by atoms with E-state index in [0.29, 0.717) is 0 Å². The van der Waals surface area contributed by atoms with Gasteiger partial charge in [0, 0.05) is 41.9 Å². The van der Waals surface area contributed by atoms with Crippen LogP contribution in [-0.4, -0.2) is 9.97 Å². The molecule has 43 heavy (non-hydrogen) atoms. The number of thiazole rings is 1. The zero-order chi connectivity index (χ0) is 30.4. The third kappa shape index (κ3) is 6.63. The molecular weight excluding hydrogens is 721 g/mol. The molecule has 1 radical (unpaired) electrons. The summed E-state index contributed by atoms with van der Waals surface area (Å²) in [7, 11) is 0. The molecule has 1 aliphatic carbocycles. The van der Waals surface area contributed by atoms with Crippen molar-refractivity contribution >= 4 is 11.3 Å². The van der Waals surface area contributed by atoms with E-state index in [1.165, 1.54) is 43.8 Å². The van der Waals surface area contributed by atoms with Crippen molar-refractivity contribution in [2.45, 2.75) is 85.5 Å². The monoisotopic (exact) mass is 763 g/mol. The maximum Gasteiger partial charge on any atom is 0.0410 e. The molecule has 0 spiro atoms. The molecular formula is C39H42IrN2S-2. The summed E-state index contributed by atoms with van der Waals surface area (Å²) in [5.41, 5.74) is 12.7. The second kappa shape index (κ2) is 12.2. The number of hydrogen-bond donors (Lipinski definition) is 0. The molecule has 0 unspecified atom stereocenters. The number of hydrogen-bond acceptors (Lipinski definition) is 3. The van der Waals surface area contributed by atoms with E-state index in [4.69, 9.17) is 4.98 Å². The summed E-state index contributed by atoms with van der Waals surface area (Å²) in [4.78, 5) is 10.6. The minimum Gasteiger partial charge on any atom is -0.305 e. The Bertz CT molecular complexity index is 1670. The number of rotatable bonds is 2. The van der Waals surface area contributed by atoms with Crippen LogP contribution in [0, 0.1) is 26.0 Å². The van der Waals surface area contributed by atoms with Crippen LogP contribution in [-0.2, 0) is 36.4 Å². The second-order valence-electron chi connectivity index (χ2n) is 13.9. The predicted octanol–water partition coefficient (Wildman–Crippen LogP) is 10.7. The third-order valence-corrected chi connectivity index (χ3v) is 9.41. The molecule has 2 aromatic heterocycles. The first-order chi connectivity index (χ1) is 19.7. The molecule has 5 aromatic rings. The van der Waals surface area contributed by atoms with Gasteiger partial charge < -0.3 is 4.98 Å². The number of fused-ring (bicyclic) bond motifs is 3. The fourth-order valence-corrected chi connectivity index (χ4v) is 6.57. The second-order valence-corrected chi connectivity index (χ2v) is 15.1. The summed E-state index contributed by atoms with van der Waals surface area (Å²) in [5.74, 6) is 0. The SMILES string of the molecule is CC(C)(C)c1cc[c-]c(-c2cc(C(C)(C)C)ccn2)c1.Cc1nc(-c2[c-]ccc3c2C(C)(C)c2ccccc2-3)sc1C.[Ir]. The van der Waals surface area contributed by atoms with Crippen LogP contribution < -0.4 is 0 Å². The first kappa shape index (κ1) is 33.0. The Morgan fingerprint density at radius 2 is 1.42 bits per heavy atom. The van der Waals surface area contributed by atoms with Gasteiger partial charge in [0.05, 0.1) is 0 Å². The van der Waals surface area contributed by atoms with Crippen molar-refractivity contribution in [2.24, 2.45) is 0 Å². The van der Waals surface area contributed by atoms with Gasteiger partial charge in [0.15, 0.2) is 0 Å². The Morgan fingerprint density at radius 1 is 0.767 bits per heavy atom. The zero-order valence-electron chi connectivity index (χ0n) is 27.1. The Labute approximate surface area is 276 Å². The van der Waals surface area contributed by atoms with Crippen LogP contribution in [0.4, 0.5) is 0 Å². The van der Waals surface area contributed by atoms with E-state index in [0.717, 1.165) is 22.0 Å². The van der Waals surface area contributed by atoms with Crippen molar-refractivity contribution in [3.05, 3.63) is 118 Å². The number of aromatic nitrogens is 2. The quantitative estimate of drug-likeness (QED) is 0.167. The molecule has 0 bridgehead atoms. The molecule has 225 valence electrons. The van der Waals surface area contributed by atoms with E-state index in [2.05, 4.69) is 141 Å². The molecule has 0 fully saturated rings. The minimum absolute atomic E-state index is 0. The van der Waals surface area contributed by atoms with Crippen LogP contribution >= 0.6 is 11.3 Å². The topological polar surface area (TPSA) is 25.8 Å². The summed E-state index contributed by atoms with van der Waals surface area (Å²) in [5, 5.41) is 1.09. The van der Waals surface area contributed by atoms with Gasteiger partial charge in [-0.2, -0.15) is 11.3 Å². The summed E-state index contributed by atoms with van der Waals surface area (Å²) in [6.07, 6.45) is 1.90. The summed E-state index contributed by atoms with van der Waals surface area (Å²) in [6, 6.07) is 30.4. The van der Waals surface area contributed by atoms with E-state index >= 15 is 0 Å². The van der Waals surface area contributed by atoms with Gasteiger partial charge in [-0.3, -0.25) is 4.98 Å². The van der Waals surface area contributed by atoms with Gasteiger partial charge >= 0.3 is 0 Å². The van der Waals surface area contributed by atoms with Crippen molar-refractivity contribution in [1.29, 1.82) is 0 Å². The van der Waals surface area contributed by atoms with Gasteiger partial charge in [-0.05, 0) is 58.5 Å².